The SMILES string of the molecule is COC(=O)Cn1c(=NC(=O)C2CCN(S(=O)(=O)c3ccc(C)cc3)CC2)sc2cc(Cl)ccc21. The highest BCUT2D eigenvalue weighted by Gasteiger charge is 2.32. The van der Waals surface area contributed by atoms with E-state index in [-0.39, 0.29) is 30.4 Å². The van der Waals surface area contributed by atoms with Gasteiger partial charge in [0.25, 0.3) is 5.91 Å². The molecule has 1 amide bonds. The van der Waals surface area contributed by atoms with Crippen LogP contribution in [0.4, 0.5) is 0 Å². The van der Waals surface area contributed by atoms with Gasteiger partial charge in [-0.25, -0.2) is 8.42 Å². The summed E-state index contributed by atoms with van der Waals surface area (Å²) in [5.41, 5.74) is 1.71. The van der Waals surface area contributed by atoms with E-state index in [1.807, 2.05) is 6.92 Å². The van der Waals surface area contributed by atoms with Crippen molar-refractivity contribution in [2.24, 2.45) is 10.9 Å². The third-order valence-electron chi connectivity index (χ3n) is 5.83. The van der Waals surface area contributed by atoms with Crippen LogP contribution in [0.3, 0.4) is 0 Å². The number of carbonyl (C=O) groups is 2. The van der Waals surface area contributed by atoms with Gasteiger partial charge in [0.05, 0.1) is 22.2 Å². The molecule has 8 nitrogen and oxygen atoms in total. The lowest BCUT2D eigenvalue weighted by atomic mass is 9.98. The lowest BCUT2D eigenvalue weighted by Gasteiger charge is -2.29. The largest absolute Gasteiger partial charge is 0.468 e. The summed E-state index contributed by atoms with van der Waals surface area (Å²) in [4.78, 5) is 29.9. The van der Waals surface area contributed by atoms with Crippen LogP contribution in [0.5, 0.6) is 0 Å². The van der Waals surface area contributed by atoms with Crippen molar-refractivity contribution >= 4 is 55.1 Å². The summed E-state index contributed by atoms with van der Waals surface area (Å²) in [6.45, 7) is 2.30. The Morgan fingerprint density at radius 2 is 1.82 bits per heavy atom. The van der Waals surface area contributed by atoms with Gasteiger partial charge in [0.15, 0.2) is 4.80 Å². The number of ether oxygens (including phenoxy) is 1. The number of methoxy groups -OCH3 is 1. The number of hydrogen-bond donors (Lipinski definition) is 0. The number of hydrogen-bond acceptors (Lipinski definition) is 6. The van der Waals surface area contributed by atoms with Crippen LogP contribution in [0.15, 0.2) is 52.4 Å². The Morgan fingerprint density at radius 3 is 2.47 bits per heavy atom. The number of carbonyl (C=O) groups excluding carboxylic acids is 2. The molecule has 180 valence electrons. The molecule has 11 heteroatoms. The van der Waals surface area contributed by atoms with Crippen molar-refractivity contribution in [3.05, 3.63) is 57.9 Å². The predicted octanol–water partition coefficient (Wildman–Crippen LogP) is 3.37. The minimum absolute atomic E-state index is 0.0858. The number of fused-ring (bicyclic) bond motifs is 1. The Hall–Kier alpha value is -2.53. The summed E-state index contributed by atoms with van der Waals surface area (Å²) in [6, 6.07) is 12.0. The fourth-order valence-corrected chi connectivity index (χ4v) is 6.65. The first-order valence-electron chi connectivity index (χ1n) is 10.7. The molecule has 2 aromatic carbocycles. The maximum atomic E-state index is 13.0. The zero-order valence-electron chi connectivity index (χ0n) is 18.7. The standard InChI is InChI=1S/C23H24ClN3O5S2/c1-15-3-6-18(7-4-15)34(30,31)26-11-9-16(10-12-26)22(29)25-23-27(14-21(28)32-2)19-8-5-17(24)13-20(19)33-23/h3-8,13,16H,9-12,14H2,1-2H3. The van der Waals surface area contributed by atoms with Crippen LogP contribution in [0.1, 0.15) is 18.4 Å². The Balaban J connectivity index is 1.54. The molecular formula is C23H24ClN3O5S2. The Morgan fingerprint density at radius 1 is 1.15 bits per heavy atom. The topological polar surface area (TPSA) is 98.0 Å². The van der Waals surface area contributed by atoms with Gasteiger partial charge in [-0.1, -0.05) is 40.6 Å². The molecule has 0 aliphatic carbocycles. The van der Waals surface area contributed by atoms with E-state index in [0.29, 0.717) is 22.7 Å². The summed E-state index contributed by atoms with van der Waals surface area (Å²) in [5.74, 6) is -1.19. The van der Waals surface area contributed by atoms with Gasteiger partial charge in [-0.2, -0.15) is 9.30 Å². The molecule has 0 atom stereocenters. The maximum absolute atomic E-state index is 13.0. The van der Waals surface area contributed by atoms with Crippen molar-refractivity contribution in [3.63, 3.8) is 0 Å². The van der Waals surface area contributed by atoms with Crippen molar-refractivity contribution in [3.8, 4) is 0 Å². The number of piperidine rings is 1. The highest BCUT2D eigenvalue weighted by Crippen LogP contribution is 2.26. The normalized spacial score (nSPS) is 16.1. The number of sulfonamides is 1. The number of rotatable bonds is 5. The van der Waals surface area contributed by atoms with Crippen LogP contribution >= 0.6 is 22.9 Å². The summed E-state index contributed by atoms with van der Waals surface area (Å²) < 4.78 is 34.5. The van der Waals surface area contributed by atoms with E-state index >= 15 is 0 Å². The van der Waals surface area contributed by atoms with E-state index in [9.17, 15) is 18.0 Å². The van der Waals surface area contributed by atoms with Crippen LogP contribution in [-0.2, 0) is 30.9 Å². The zero-order chi connectivity index (χ0) is 24.5. The number of aromatic nitrogens is 1. The Kier molecular flexibility index (Phi) is 7.22. The van der Waals surface area contributed by atoms with Gasteiger partial charge >= 0.3 is 5.97 Å². The van der Waals surface area contributed by atoms with Gasteiger partial charge in [0.1, 0.15) is 6.54 Å². The molecule has 4 rings (SSSR count). The molecule has 0 unspecified atom stereocenters. The Labute approximate surface area is 206 Å². The second-order valence-electron chi connectivity index (χ2n) is 8.10. The quantitative estimate of drug-likeness (QED) is 0.479. The molecule has 0 saturated carbocycles. The van der Waals surface area contributed by atoms with E-state index < -0.39 is 21.9 Å². The van der Waals surface area contributed by atoms with Crippen LogP contribution < -0.4 is 4.80 Å². The third kappa shape index (κ3) is 5.10. The maximum Gasteiger partial charge on any atom is 0.325 e. The van der Waals surface area contributed by atoms with Crippen LogP contribution in [0, 0.1) is 12.8 Å². The van der Waals surface area contributed by atoms with Gasteiger partial charge in [-0.05, 0) is 50.1 Å². The molecule has 2 heterocycles. The molecule has 0 spiro atoms. The average molecular weight is 522 g/mol. The number of benzene rings is 2. The van der Waals surface area contributed by atoms with E-state index in [2.05, 4.69) is 4.99 Å². The summed E-state index contributed by atoms with van der Waals surface area (Å²) in [6.07, 6.45) is 0.752. The van der Waals surface area contributed by atoms with Crippen molar-refractivity contribution in [1.29, 1.82) is 0 Å². The monoisotopic (exact) mass is 521 g/mol. The van der Waals surface area contributed by atoms with Crippen molar-refractivity contribution in [1.82, 2.24) is 8.87 Å². The van der Waals surface area contributed by atoms with E-state index in [1.165, 1.54) is 22.8 Å². The molecule has 34 heavy (non-hydrogen) atoms. The van der Waals surface area contributed by atoms with Crippen molar-refractivity contribution in [2.75, 3.05) is 20.2 Å². The van der Waals surface area contributed by atoms with Gasteiger partial charge in [-0.15, -0.1) is 0 Å². The van der Waals surface area contributed by atoms with Gasteiger partial charge in [0.2, 0.25) is 10.0 Å². The van der Waals surface area contributed by atoms with Crippen LogP contribution in [-0.4, -0.2) is 49.4 Å². The first kappa shape index (κ1) is 24.6. The highest BCUT2D eigenvalue weighted by molar-refractivity contribution is 7.89. The van der Waals surface area contributed by atoms with Crippen molar-refractivity contribution < 1.29 is 22.7 Å². The molecule has 3 aromatic rings. The lowest BCUT2D eigenvalue weighted by molar-refractivity contribution is -0.141. The van der Waals surface area contributed by atoms with E-state index in [4.69, 9.17) is 16.3 Å². The number of thiazole rings is 1. The smallest absolute Gasteiger partial charge is 0.325 e. The summed E-state index contributed by atoms with van der Waals surface area (Å²) in [5, 5.41) is 0.541. The summed E-state index contributed by atoms with van der Waals surface area (Å²) >= 11 is 7.36. The molecule has 1 fully saturated rings. The number of amides is 1. The second-order valence-corrected chi connectivity index (χ2v) is 11.5. The van der Waals surface area contributed by atoms with Gasteiger partial charge < -0.3 is 9.30 Å². The number of nitrogens with zero attached hydrogens (tertiary/aromatic N) is 3. The van der Waals surface area contributed by atoms with Crippen molar-refractivity contribution in [2.45, 2.75) is 31.2 Å². The fourth-order valence-electron chi connectivity index (χ4n) is 3.87. The summed E-state index contributed by atoms with van der Waals surface area (Å²) in [7, 11) is -2.31. The predicted molar refractivity (Wildman–Crippen MR) is 130 cm³/mol. The molecular weight excluding hydrogens is 498 g/mol. The fraction of sp³-hybridized carbons (Fsp3) is 0.348. The second kappa shape index (κ2) is 9.99. The zero-order valence-corrected chi connectivity index (χ0v) is 21.1. The molecule has 1 aromatic heterocycles. The van der Waals surface area contributed by atoms with Gasteiger partial charge in [0, 0.05) is 24.0 Å². The molecule has 1 aliphatic heterocycles. The van der Waals surface area contributed by atoms with Gasteiger partial charge in [-0.3, -0.25) is 9.59 Å². The number of aryl methyl sites for hydroxylation is 1. The highest BCUT2D eigenvalue weighted by atomic mass is 35.5. The Bertz CT molecular complexity index is 1400. The molecule has 0 bridgehead atoms. The lowest BCUT2D eigenvalue weighted by Crippen LogP contribution is -2.40. The first-order chi connectivity index (χ1) is 16.2. The molecule has 1 aliphatic rings. The number of esters is 1. The number of halogens is 1. The molecule has 0 N–H and O–H groups in total. The molecule has 1 saturated heterocycles. The molecule has 0 radical (unpaired) electrons. The van der Waals surface area contributed by atoms with E-state index in [1.54, 1.807) is 47.0 Å². The minimum Gasteiger partial charge on any atom is -0.468 e. The average Bonchev–Trinajstić information content (AvgIpc) is 3.14. The van der Waals surface area contributed by atoms with Crippen LogP contribution in [0.2, 0.25) is 5.02 Å². The van der Waals surface area contributed by atoms with Crippen LogP contribution in [0.25, 0.3) is 10.2 Å². The minimum atomic E-state index is -3.61. The van der Waals surface area contributed by atoms with E-state index in [0.717, 1.165) is 15.8 Å². The first-order valence-corrected chi connectivity index (χ1v) is 13.3. The third-order valence-corrected chi connectivity index (χ3v) is 9.02.